The summed E-state index contributed by atoms with van der Waals surface area (Å²) in [5, 5.41) is 1.35. The molecule has 1 rings (SSSR count). The minimum atomic E-state index is 0.105. The van der Waals surface area contributed by atoms with Gasteiger partial charge in [-0.3, -0.25) is 9.55 Å². The molecule has 0 bridgehead atoms. The fourth-order valence-corrected chi connectivity index (χ4v) is 1.99. The molecule has 1 aromatic rings. The predicted molar refractivity (Wildman–Crippen MR) is 80.0 cm³/mol. The molecule has 0 aromatic heterocycles. The van der Waals surface area contributed by atoms with Crippen molar-refractivity contribution in [3.8, 4) is 5.75 Å². The molecular weight excluding hydrogens is 253 g/mol. The van der Waals surface area contributed by atoms with Crippen molar-refractivity contribution in [3.05, 3.63) is 30.3 Å². The van der Waals surface area contributed by atoms with Crippen molar-refractivity contribution >= 4 is 14.1 Å². The number of hydroxylamine groups is 2. The molecule has 0 aliphatic heterocycles. The highest BCUT2D eigenvalue weighted by Crippen LogP contribution is 2.14. The lowest BCUT2D eigenvalue weighted by molar-refractivity contribution is -0.154. The summed E-state index contributed by atoms with van der Waals surface area (Å²) < 4.78 is 10.6. The van der Waals surface area contributed by atoms with Gasteiger partial charge < -0.3 is 4.65 Å². The molecule has 0 N–H and O–H groups in total. The second-order valence-electron chi connectivity index (χ2n) is 4.68. The lowest BCUT2D eigenvalue weighted by Gasteiger charge is -2.26. The first-order chi connectivity index (χ1) is 9.81. The summed E-state index contributed by atoms with van der Waals surface area (Å²) in [7, 11) is 1.21. The Labute approximate surface area is 122 Å². The van der Waals surface area contributed by atoms with Gasteiger partial charge in [0.25, 0.3) is 0 Å². The van der Waals surface area contributed by atoms with Crippen LogP contribution in [0.25, 0.3) is 0 Å². The number of rotatable bonds is 11. The van der Waals surface area contributed by atoms with Gasteiger partial charge in [0.15, 0.2) is 0 Å². The van der Waals surface area contributed by atoms with E-state index in [1.807, 2.05) is 30.3 Å². The Morgan fingerprint density at radius 1 is 1.20 bits per heavy atom. The maximum atomic E-state index is 11.2. The third-order valence-electron chi connectivity index (χ3n) is 3.07. The van der Waals surface area contributed by atoms with Crippen LogP contribution < -0.4 is 4.65 Å². The van der Waals surface area contributed by atoms with Gasteiger partial charge in [-0.05, 0) is 25.0 Å². The highest BCUT2D eigenvalue weighted by atomic mass is 16.7. The molecule has 5 heteroatoms. The zero-order valence-corrected chi connectivity index (χ0v) is 12.3. The fourth-order valence-electron chi connectivity index (χ4n) is 1.99. The van der Waals surface area contributed by atoms with E-state index in [9.17, 15) is 4.79 Å². The number of amides is 1. The van der Waals surface area contributed by atoms with Gasteiger partial charge in [-0.1, -0.05) is 51.3 Å². The van der Waals surface area contributed by atoms with Crippen LogP contribution >= 0.6 is 0 Å². The second-order valence-corrected chi connectivity index (χ2v) is 4.68. The Morgan fingerprint density at radius 3 is 2.55 bits per heavy atom. The molecule has 1 unspecified atom stereocenters. The maximum absolute atomic E-state index is 11.2. The Kier molecular flexibility index (Phi) is 8.55. The zero-order chi connectivity index (χ0) is 14.6. The first-order valence-electron chi connectivity index (χ1n) is 7.25. The highest BCUT2D eigenvalue weighted by Gasteiger charge is 2.17. The van der Waals surface area contributed by atoms with Gasteiger partial charge in [-0.25, -0.2) is 5.06 Å². The summed E-state index contributed by atoms with van der Waals surface area (Å²) >= 11 is 0. The molecule has 0 saturated heterocycles. The topological polar surface area (TPSA) is 38.8 Å². The third kappa shape index (κ3) is 6.11. The maximum Gasteiger partial charge on any atom is 0.596 e. The number of carbonyl (C=O) groups excluding carboxylic acids is 1. The molecule has 4 nitrogen and oxygen atoms in total. The summed E-state index contributed by atoms with van der Waals surface area (Å²) in [6.45, 7) is 4.24. The van der Waals surface area contributed by atoms with Gasteiger partial charge >= 0.3 is 7.69 Å². The lowest BCUT2D eigenvalue weighted by atomic mass is 10.1. The molecule has 1 amide bonds. The molecular formula is C15H23BNO3. The average molecular weight is 276 g/mol. The predicted octanol–water partition coefficient (Wildman–Crippen LogP) is 3.35. The summed E-state index contributed by atoms with van der Waals surface area (Å²) in [5.74, 6) is 0.680. The van der Waals surface area contributed by atoms with E-state index < -0.39 is 0 Å². The number of unbranched alkanes of at least 4 members (excludes halogenated alkanes) is 1. The van der Waals surface area contributed by atoms with Crippen LogP contribution in [0.4, 0.5) is 0 Å². The van der Waals surface area contributed by atoms with E-state index in [-0.39, 0.29) is 6.04 Å². The number of carbonyl (C=O) groups is 1. The van der Waals surface area contributed by atoms with Crippen molar-refractivity contribution in [1.82, 2.24) is 5.06 Å². The highest BCUT2D eigenvalue weighted by molar-refractivity contribution is 6.19. The lowest BCUT2D eigenvalue weighted by Crippen LogP contribution is -2.36. The van der Waals surface area contributed by atoms with Gasteiger partial charge in [0.1, 0.15) is 5.75 Å². The van der Waals surface area contributed by atoms with E-state index in [1.165, 1.54) is 12.7 Å². The minimum absolute atomic E-state index is 0.105. The number of para-hydroxylation sites is 1. The van der Waals surface area contributed by atoms with Gasteiger partial charge in [-0.15, -0.1) is 0 Å². The molecule has 0 saturated carbocycles. The summed E-state index contributed by atoms with van der Waals surface area (Å²) in [5.41, 5.74) is 0. The van der Waals surface area contributed by atoms with Gasteiger partial charge in [0.05, 0.1) is 6.04 Å². The Hall–Kier alpha value is -1.49. The van der Waals surface area contributed by atoms with Crippen molar-refractivity contribution in [1.29, 1.82) is 0 Å². The quantitative estimate of drug-likeness (QED) is 0.353. The van der Waals surface area contributed by atoms with Crippen LogP contribution in [0.5, 0.6) is 5.75 Å². The average Bonchev–Trinajstić information content (AvgIpc) is 2.49. The van der Waals surface area contributed by atoms with Gasteiger partial charge in [0, 0.05) is 0 Å². The van der Waals surface area contributed by atoms with E-state index in [0.29, 0.717) is 5.75 Å². The standard InChI is InChI=1S/C15H23BNO3/c1-3-5-10-14(9-4-2)17(13-18)20-16-19-15-11-7-6-8-12-15/h6-8,11-14H,3-5,9-10H2,1-2H3. The number of hydrogen-bond acceptors (Lipinski definition) is 3. The van der Waals surface area contributed by atoms with Crippen molar-refractivity contribution < 1.29 is 14.2 Å². The largest absolute Gasteiger partial charge is 0.596 e. The van der Waals surface area contributed by atoms with E-state index in [0.717, 1.165) is 38.5 Å². The molecule has 0 aliphatic carbocycles. The Morgan fingerprint density at radius 2 is 1.95 bits per heavy atom. The SMILES string of the molecule is CCCCC(CCC)N(C=O)O[B]Oc1ccccc1. The number of benzene rings is 1. The van der Waals surface area contributed by atoms with Gasteiger partial charge in [-0.2, -0.15) is 0 Å². The Bertz CT molecular complexity index is 361. The second kappa shape index (κ2) is 10.3. The summed E-state index contributed by atoms with van der Waals surface area (Å²) in [6, 6.07) is 9.42. The van der Waals surface area contributed by atoms with E-state index in [1.54, 1.807) is 0 Å². The number of hydrogen-bond donors (Lipinski definition) is 0. The van der Waals surface area contributed by atoms with Crippen LogP contribution in [0, 0.1) is 0 Å². The van der Waals surface area contributed by atoms with Crippen LogP contribution in [0.1, 0.15) is 46.0 Å². The van der Waals surface area contributed by atoms with E-state index in [2.05, 4.69) is 13.8 Å². The summed E-state index contributed by atoms with van der Waals surface area (Å²) in [6.07, 6.45) is 5.80. The van der Waals surface area contributed by atoms with Crippen molar-refractivity contribution in [2.24, 2.45) is 0 Å². The Balaban J connectivity index is 2.41. The first-order valence-corrected chi connectivity index (χ1v) is 7.25. The van der Waals surface area contributed by atoms with E-state index in [4.69, 9.17) is 9.41 Å². The fraction of sp³-hybridized carbons (Fsp3) is 0.533. The molecule has 1 aromatic carbocycles. The molecule has 0 fully saturated rings. The molecule has 0 heterocycles. The number of nitrogens with zero attached hydrogens (tertiary/aromatic N) is 1. The van der Waals surface area contributed by atoms with Crippen molar-refractivity contribution in [3.63, 3.8) is 0 Å². The normalized spacial score (nSPS) is 11.7. The monoisotopic (exact) mass is 276 g/mol. The molecule has 109 valence electrons. The zero-order valence-electron chi connectivity index (χ0n) is 12.3. The van der Waals surface area contributed by atoms with Gasteiger partial charge in [0.2, 0.25) is 6.41 Å². The smallest absolute Gasteiger partial charge is 0.536 e. The van der Waals surface area contributed by atoms with Crippen LogP contribution in [0.15, 0.2) is 30.3 Å². The van der Waals surface area contributed by atoms with Crippen LogP contribution in [-0.2, 0) is 9.55 Å². The first kappa shape index (κ1) is 16.6. The molecule has 1 atom stereocenters. The molecule has 1 radical (unpaired) electrons. The third-order valence-corrected chi connectivity index (χ3v) is 3.07. The van der Waals surface area contributed by atoms with Crippen LogP contribution in [-0.4, -0.2) is 25.2 Å². The van der Waals surface area contributed by atoms with Crippen molar-refractivity contribution in [2.45, 2.75) is 52.0 Å². The van der Waals surface area contributed by atoms with E-state index >= 15 is 0 Å². The van der Waals surface area contributed by atoms with Crippen molar-refractivity contribution in [2.75, 3.05) is 0 Å². The van der Waals surface area contributed by atoms with Crippen LogP contribution in [0.3, 0.4) is 0 Å². The minimum Gasteiger partial charge on any atom is -0.536 e. The molecule has 20 heavy (non-hydrogen) atoms. The summed E-state index contributed by atoms with van der Waals surface area (Å²) in [4.78, 5) is 11.2. The molecule has 0 aliphatic rings. The molecule has 0 spiro atoms. The van der Waals surface area contributed by atoms with Crippen LogP contribution in [0.2, 0.25) is 0 Å².